The number of aromatic hydroxyl groups is 1. The molecule has 6 aromatic rings. The first-order valence-corrected chi connectivity index (χ1v) is 20.0. The molecule has 2 fully saturated rings. The number of aliphatic hydroxyl groups excluding tert-OH is 1. The number of aliphatic hydroxyl groups is 1. The Kier molecular flexibility index (Phi) is 15.4. The molecule has 2 amide bonds. The number of rotatable bonds is 10. The molecule has 2 saturated heterocycles. The zero-order valence-electron chi connectivity index (χ0n) is 34.7. The number of carbonyl (C=O) groups excluding carboxylic acids is 2. The van der Waals surface area contributed by atoms with Crippen LogP contribution >= 0.6 is 0 Å². The second kappa shape index (κ2) is 21.5. The van der Waals surface area contributed by atoms with Crippen LogP contribution in [0.3, 0.4) is 0 Å². The van der Waals surface area contributed by atoms with Crippen LogP contribution in [0.2, 0.25) is 0 Å². The molecule has 0 spiro atoms. The van der Waals surface area contributed by atoms with Gasteiger partial charge in [-0.1, -0.05) is 10.3 Å². The Bertz CT molecular complexity index is 2420. The fourth-order valence-corrected chi connectivity index (χ4v) is 7.24. The molecule has 0 radical (unpaired) electrons. The molecule has 0 aliphatic carbocycles. The first-order chi connectivity index (χ1) is 30.5. The number of hydrogen-bond donors (Lipinski definition) is 4. The summed E-state index contributed by atoms with van der Waals surface area (Å²) in [4.78, 5) is 36.9. The third kappa shape index (κ3) is 11.8. The van der Waals surface area contributed by atoms with Crippen LogP contribution in [0.5, 0.6) is 23.0 Å². The van der Waals surface area contributed by atoms with Gasteiger partial charge in [0.15, 0.2) is 0 Å². The number of pyridine rings is 2. The predicted molar refractivity (Wildman–Crippen MR) is 224 cm³/mol. The minimum Gasteiger partial charge on any atom is -0.508 e. The van der Waals surface area contributed by atoms with E-state index in [1.165, 1.54) is 36.8 Å². The van der Waals surface area contributed by atoms with Crippen molar-refractivity contribution in [2.45, 2.75) is 50.7 Å². The quantitative estimate of drug-likeness (QED) is 0.122. The Hall–Kier alpha value is -7.28. The first-order valence-electron chi connectivity index (χ1n) is 20.0. The van der Waals surface area contributed by atoms with Crippen LogP contribution in [0.15, 0.2) is 94.6 Å². The number of amides is 2. The highest BCUT2D eigenvalue weighted by Crippen LogP contribution is 2.36. The topological polar surface area (TPSA) is 239 Å². The van der Waals surface area contributed by atoms with E-state index in [2.05, 4.69) is 24.8 Å². The van der Waals surface area contributed by atoms with Crippen LogP contribution in [-0.2, 0) is 13.2 Å². The normalized spacial score (nSPS) is 14.2. The second-order valence-electron chi connectivity index (χ2n) is 14.6. The largest absolute Gasteiger partial charge is 0.508 e. The number of hydrogen-bond acceptors (Lipinski definition) is 15. The number of anilines is 2. The fraction of sp³-hybridized carbons (Fsp3) is 0.318. The Balaban J connectivity index is 0.000000184. The predicted octanol–water partition coefficient (Wildman–Crippen LogP) is 6.10. The molecule has 0 atom stereocenters. The molecule has 8 rings (SSSR count). The summed E-state index contributed by atoms with van der Waals surface area (Å²) in [7, 11) is 3.18. The molecule has 0 unspecified atom stereocenters. The Morgan fingerprint density at radius 1 is 0.714 bits per heavy atom. The highest BCUT2D eigenvalue weighted by molar-refractivity contribution is 5.95. The van der Waals surface area contributed by atoms with Gasteiger partial charge in [0.1, 0.15) is 76.8 Å². The van der Waals surface area contributed by atoms with Gasteiger partial charge in [-0.05, 0) is 61.8 Å². The Labute approximate surface area is 361 Å². The van der Waals surface area contributed by atoms with Gasteiger partial charge in [-0.15, -0.1) is 0 Å². The average Bonchev–Trinajstić information content (AvgIpc) is 4.04. The molecule has 19 heteroatoms. The van der Waals surface area contributed by atoms with Crippen molar-refractivity contribution in [1.29, 1.82) is 0 Å². The number of nitrogens with zero attached hydrogens (tertiary/aromatic N) is 6. The van der Waals surface area contributed by atoms with Crippen molar-refractivity contribution in [2.24, 2.45) is 0 Å². The average molecular weight is 871 g/mol. The number of likely N-dealkylation sites (tertiary alicyclic amines) is 2. The summed E-state index contributed by atoms with van der Waals surface area (Å²) in [5.41, 5.74) is 14.5. The number of carbonyl (C=O) groups is 2. The number of aromatic nitrogens is 4. The van der Waals surface area contributed by atoms with Crippen molar-refractivity contribution in [3.63, 3.8) is 0 Å². The van der Waals surface area contributed by atoms with Crippen LogP contribution < -0.4 is 25.7 Å². The number of methoxy groups -OCH3 is 2. The second-order valence-corrected chi connectivity index (χ2v) is 14.6. The van der Waals surface area contributed by atoms with Crippen LogP contribution in [0.1, 0.15) is 80.7 Å². The summed E-state index contributed by atoms with van der Waals surface area (Å²) in [6.45, 7) is 2.16. The van der Waals surface area contributed by atoms with Crippen LogP contribution in [0.4, 0.5) is 20.4 Å². The van der Waals surface area contributed by atoms with E-state index in [0.29, 0.717) is 66.5 Å². The summed E-state index contributed by atoms with van der Waals surface area (Å²) in [6, 6.07) is 14.5. The lowest BCUT2D eigenvalue weighted by molar-refractivity contribution is 0.0699. The van der Waals surface area contributed by atoms with E-state index in [4.69, 9.17) is 35.3 Å². The summed E-state index contributed by atoms with van der Waals surface area (Å²) in [5.74, 6) is 0.695. The van der Waals surface area contributed by atoms with Gasteiger partial charge in [0.2, 0.25) is 0 Å². The monoisotopic (exact) mass is 870 g/mol. The third-order valence-corrected chi connectivity index (χ3v) is 10.6. The zero-order valence-corrected chi connectivity index (χ0v) is 34.7. The van der Waals surface area contributed by atoms with Gasteiger partial charge in [0, 0.05) is 86.1 Å². The molecule has 4 aromatic heterocycles. The van der Waals surface area contributed by atoms with Gasteiger partial charge in [-0.25, -0.2) is 18.7 Å². The number of benzene rings is 2. The van der Waals surface area contributed by atoms with E-state index in [0.717, 1.165) is 42.9 Å². The maximum absolute atomic E-state index is 14.6. The maximum atomic E-state index is 14.6. The molecule has 0 saturated carbocycles. The molecule has 2 aliphatic rings. The van der Waals surface area contributed by atoms with Gasteiger partial charge in [-0.3, -0.25) is 9.59 Å². The van der Waals surface area contributed by atoms with Crippen LogP contribution in [0.25, 0.3) is 0 Å². The molecular weight excluding hydrogens is 823 g/mol. The van der Waals surface area contributed by atoms with Crippen LogP contribution in [0, 0.1) is 11.6 Å². The fourth-order valence-electron chi connectivity index (χ4n) is 7.24. The lowest BCUT2D eigenvalue weighted by Crippen LogP contribution is -2.38. The van der Waals surface area contributed by atoms with Crippen molar-refractivity contribution in [1.82, 2.24) is 30.1 Å². The molecule has 63 heavy (non-hydrogen) atoms. The van der Waals surface area contributed by atoms with Crippen molar-refractivity contribution >= 4 is 23.5 Å². The lowest BCUT2D eigenvalue weighted by atomic mass is 9.89. The van der Waals surface area contributed by atoms with Gasteiger partial charge in [-0.2, -0.15) is 0 Å². The van der Waals surface area contributed by atoms with E-state index in [9.17, 15) is 23.5 Å². The number of phenols is 1. The molecule has 332 valence electrons. The summed E-state index contributed by atoms with van der Waals surface area (Å²) < 4.78 is 53.9. The zero-order chi connectivity index (χ0) is 44.9. The molecule has 2 aromatic carbocycles. The minimum atomic E-state index is -0.712. The van der Waals surface area contributed by atoms with Gasteiger partial charge < -0.3 is 54.7 Å². The summed E-state index contributed by atoms with van der Waals surface area (Å²) >= 11 is 0. The molecular formula is C44H48F2N8O9. The van der Waals surface area contributed by atoms with E-state index in [-0.39, 0.29) is 53.7 Å². The molecule has 6 heterocycles. The number of phenolic OH excluding ortho intramolecular Hbond substituents is 1. The number of nitrogen functional groups attached to an aromatic ring is 2. The van der Waals surface area contributed by atoms with E-state index >= 15 is 0 Å². The van der Waals surface area contributed by atoms with E-state index < -0.39 is 11.6 Å². The molecule has 17 nitrogen and oxygen atoms in total. The highest BCUT2D eigenvalue weighted by Gasteiger charge is 2.29. The lowest BCUT2D eigenvalue weighted by Gasteiger charge is -2.32. The van der Waals surface area contributed by atoms with E-state index in [1.54, 1.807) is 66.7 Å². The van der Waals surface area contributed by atoms with E-state index in [1.807, 2.05) is 0 Å². The Morgan fingerprint density at radius 2 is 1.19 bits per heavy atom. The first kappa shape index (κ1) is 45.3. The smallest absolute Gasteiger partial charge is 0.256 e. The third-order valence-electron chi connectivity index (χ3n) is 10.6. The summed E-state index contributed by atoms with van der Waals surface area (Å²) in [6.07, 6.45) is 9.22. The van der Waals surface area contributed by atoms with Crippen molar-refractivity contribution < 1.29 is 51.8 Å². The maximum Gasteiger partial charge on any atom is 0.256 e. The Morgan fingerprint density at radius 3 is 1.60 bits per heavy atom. The minimum absolute atomic E-state index is 0.0250. The number of halogens is 2. The standard InChI is InChI=1S/C22H23FN4O4.C18H20FN3O3.C4H5NO2/c1-29-20-11-21(24)25-12-18(20)14-4-7-27(8-5-14)22(28)17-3-2-16(10-19(17)23)30-13-15-6-9-31-26-15;1-25-16-9-17(20)21-10-14(16)11-4-6-22(7-5-11)18(24)13-3-2-12(23)8-15(13)19;6-3-4-1-2-7-5-4/h2-3,6,9-12,14H,4-5,7-8,13H2,1H3,(H2,24,25);2-3,8-11,23H,4-7H2,1H3,(H2,20,21);1-2,6H,3H2. The number of ether oxygens (including phenoxy) is 3. The number of nitrogens with two attached hydrogens (primary N) is 2. The molecule has 2 aliphatic heterocycles. The van der Waals surface area contributed by atoms with Gasteiger partial charge >= 0.3 is 0 Å². The van der Waals surface area contributed by atoms with Crippen LogP contribution in [-0.4, -0.2) is 92.5 Å². The SMILES string of the molecule is COc1cc(N)ncc1C1CCN(C(=O)c2ccc(O)cc2F)CC1.COc1cc(N)ncc1C1CCN(C(=O)c2ccc(OCc3ccon3)cc2F)CC1.OCc1ccon1. The van der Waals surface area contributed by atoms with Gasteiger partial charge in [0.25, 0.3) is 11.8 Å². The molecule has 0 bridgehead atoms. The molecule has 6 N–H and O–H groups in total. The van der Waals surface area contributed by atoms with Crippen molar-refractivity contribution in [3.05, 3.63) is 131 Å². The highest BCUT2D eigenvalue weighted by atomic mass is 19.1. The number of piperidine rings is 2. The summed E-state index contributed by atoms with van der Waals surface area (Å²) in [5, 5.41) is 24.7. The van der Waals surface area contributed by atoms with Gasteiger partial charge in [0.05, 0.1) is 32.0 Å². The van der Waals surface area contributed by atoms with Crippen molar-refractivity contribution in [2.75, 3.05) is 51.9 Å². The van der Waals surface area contributed by atoms with Crippen molar-refractivity contribution in [3.8, 4) is 23.0 Å².